The standard InChI is InChI=1S/C6H16N2O7P2/c1-5-4-8(6(2)3-7-5)14-17(12,13)15-16(9,10)11/h5-7H,3-4H2,1-2H3,(H,12,13)(H2,9,10,11). The van der Waals surface area contributed by atoms with Crippen LogP contribution >= 0.6 is 15.6 Å². The van der Waals surface area contributed by atoms with Gasteiger partial charge in [0.15, 0.2) is 0 Å². The van der Waals surface area contributed by atoms with E-state index in [4.69, 9.17) is 14.7 Å². The Morgan fingerprint density at radius 3 is 2.41 bits per heavy atom. The fourth-order valence-corrected chi connectivity index (χ4v) is 3.07. The number of rotatable bonds is 4. The Morgan fingerprint density at radius 1 is 1.29 bits per heavy atom. The third-order valence-corrected chi connectivity index (χ3v) is 4.22. The van der Waals surface area contributed by atoms with Gasteiger partial charge in [0.25, 0.3) is 0 Å². The second-order valence-electron chi connectivity index (χ2n) is 3.88. The minimum absolute atomic E-state index is 0.0289. The first-order valence-corrected chi connectivity index (χ1v) is 7.91. The van der Waals surface area contributed by atoms with Gasteiger partial charge in [-0.2, -0.15) is 14.0 Å². The highest BCUT2D eigenvalue weighted by Gasteiger charge is 2.37. The van der Waals surface area contributed by atoms with Crippen molar-refractivity contribution in [2.45, 2.75) is 25.9 Å². The third-order valence-electron chi connectivity index (χ3n) is 2.12. The summed E-state index contributed by atoms with van der Waals surface area (Å²) in [7, 11) is -9.88. The Morgan fingerprint density at radius 2 is 1.88 bits per heavy atom. The lowest BCUT2D eigenvalue weighted by molar-refractivity contribution is -0.125. The molecule has 11 heteroatoms. The Balaban J connectivity index is 2.63. The lowest BCUT2D eigenvalue weighted by Crippen LogP contribution is -2.53. The van der Waals surface area contributed by atoms with Gasteiger partial charge in [-0.15, -0.1) is 0 Å². The van der Waals surface area contributed by atoms with E-state index in [1.165, 1.54) is 5.06 Å². The van der Waals surface area contributed by atoms with Crippen molar-refractivity contribution < 1.29 is 32.7 Å². The van der Waals surface area contributed by atoms with Crippen molar-refractivity contribution >= 4 is 15.6 Å². The quantitative estimate of drug-likeness (QED) is 0.520. The zero-order valence-corrected chi connectivity index (χ0v) is 11.2. The van der Waals surface area contributed by atoms with Crippen LogP contribution < -0.4 is 5.32 Å². The Labute approximate surface area is 98.5 Å². The van der Waals surface area contributed by atoms with Gasteiger partial charge in [-0.3, -0.25) is 0 Å². The summed E-state index contributed by atoms with van der Waals surface area (Å²) >= 11 is 0. The summed E-state index contributed by atoms with van der Waals surface area (Å²) in [6.45, 7) is 4.40. The molecule has 1 saturated heterocycles. The van der Waals surface area contributed by atoms with Crippen LogP contribution in [0.3, 0.4) is 0 Å². The molecule has 0 spiro atoms. The second-order valence-corrected chi connectivity index (χ2v) is 6.62. The largest absolute Gasteiger partial charge is 0.497 e. The summed E-state index contributed by atoms with van der Waals surface area (Å²) in [6.07, 6.45) is 0. The molecule has 1 fully saturated rings. The zero-order valence-electron chi connectivity index (χ0n) is 9.39. The summed E-state index contributed by atoms with van der Waals surface area (Å²) in [5.41, 5.74) is 0. The van der Waals surface area contributed by atoms with E-state index in [1.807, 2.05) is 6.92 Å². The molecular formula is C6H16N2O7P2. The van der Waals surface area contributed by atoms with Crippen LogP contribution in [0.4, 0.5) is 0 Å². The third kappa shape index (κ3) is 5.56. The molecule has 1 rings (SSSR count). The molecule has 3 unspecified atom stereocenters. The smallest absolute Gasteiger partial charge is 0.311 e. The maximum absolute atomic E-state index is 11.3. The van der Waals surface area contributed by atoms with E-state index in [2.05, 4.69) is 14.3 Å². The van der Waals surface area contributed by atoms with E-state index in [-0.39, 0.29) is 12.1 Å². The fourth-order valence-electron chi connectivity index (χ4n) is 1.38. The van der Waals surface area contributed by atoms with Crippen LogP contribution in [0.5, 0.6) is 0 Å². The predicted molar refractivity (Wildman–Crippen MR) is 57.7 cm³/mol. The Hall–Kier alpha value is 0.180. The van der Waals surface area contributed by atoms with Crippen LogP contribution in [-0.4, -0.2) is 44.9 Å². The van der Waals surface area contributed by atoms with E-state index in [0.29, 0.717) is 13.1 Å². The van der Waals surface area contributed by atoms with E-state index in [9.17, 15) is 9.13 Å². The molecule has 17 heavy (non-hydrogen) atoms. The molecule has 0 aromatic heterocycles. The molecule has 1 aliphatic heterocycles. The van der Waals surface area contributed by atoms with Crippen molar-refractivity contribution in [1.29, 1.82) is 0 Å². The lowest BCUT2D eigenvalue weighted by atomic mass is 10.2. The van der Waals surface area contributed by atoms with Crippen molar-refractivity contribution in [2.24, 2.45) is 0 Å². The zero-order chi connectivity index (χ0) is 13.3. The number of piperazine rings is 1. The van der Waals surface area contributed by atoms with Gasteiger partial charge in [0, 0.05) is 25.2 Å². The summed E-state index contributed by atoms with van der Waals surface area (Å²) < 4.78 is 30.1. The van der Waals surface area contributed by atoms with Gasteiger partial charge < -0.3 is 20.0 Å². The van der Waals surface area contributed by atoms with Crippen LogP contribution in [0.1, 0.15) is 13.8 Å². The van der Waals surface area contributed by atoms with E-state index in [1.54, 1.807) is 6.92 Å². The van der Waals surface area contributed by atoms with Gasteiger partial charge in [-0.05, 0) is 13.8 Å². The maximum Gasteiger partial charge on any atom is 0.497 e. The van der Waals surface area contributed by atoms with E-state index in [0.717, 1.165) is 0 Å². The molecule has 0 amide bonds. The topological polar surface area (TPSA) is 129 Å². The summed E-state index contributed by atoms with van der Waals surface area (Å²) in [5.74, 6) is 0. The molecule has 0 saturated carbocycles. The Bertz CT molecular complexity index is 358. The molecule has 0 aromatic rings. The van der Waals surface area contributed by atoms with Crippen molar-refractivity contribution in [3.8, 4) is 0 Å². The number of hydroxylamine groups is 2. The highest BCUT2D eigenvalue weighted by molar-refractivity contribution is 7.60. The molecule has 0 radical (unpaired) electrons. The molecule has 3 atom stereocenters. The highest BCUT2D eigenvalue weighted by Crippen LogP contribution is 2.58. The molecule has 0 aromatic carbocycles. The first-order valence-electron chi connectivity index (χ1n) is 4.88. The normalized spacial score (nSPS) is 31.1. The summed E-state index contributed by atoms with van der Waals surface area (Å²) in [4.78, 5) is 26.1. The van der Waals surface area contributed by atoms with Crippen molar-refractivity contribution in [1.82, 2.24) is 10.4 Å². The molecule has 0 bridgehead atoms. The van der Waals surface area contributed by atoms with Gasteiger partial charge in [-0.1, -0.05) is 0 Å². The average Bonchev–Trinajstić information content (AvgIpc) is 2.06. The molecular weight excluding hydrogens is 274 g/mol. The monoisotopic (exact) mass is 290 g/mol. The molecule has 4 N–H and O–H groups in total. The summed E-state index contributed by atoms with van der Waals surface area (Å²) in [6, 6.07) is -0.187. The Kier molecular flexibility index (Phi) is 4.88. The number of phosphoric acid groups is 2. The molecule has 102 valence electrons. The van der Waals surface area contributed by atoms with Gasteiger partial charge in [0.1, 0.15) is 0 Å². The van der Waals surface area contributed by atoms with Crippen molar-refractivity contribution in [2.75, 3.05) is 13.1 Å². The number of nitrogens with one attached hydrogen (secondary N) is 1. The number of hydrogen-bond acceptors (Lipinski definition) is 6. The van der Waals surface area contributed by atoms with Crippen LogP contribution in [0.2, 0.25) is 0 Å². The number of nitrogens with zero attached hydrogens (tertiary/aromatic N) is 1. The molecule has 1 aliphatic rings. The summed E-state index contributed by atoms with van der Waals surface area (Å²) in [5, 5.41) is 4.29. The van der Waals surface area contributed by atoms with E-state index >= 15 is 0 Å². The maximum atomic E-state index is 11.3. The molecule has 1 heterocycles. The molecule has 9 nitrogen and oxygen atoms in total. The first-order chi connectivity index (χ1) is 7.59. The van der Waals surface area contributed by atoms with Crippen LogP contribution in [0.15, 0.2) is 0 Å². The molecule has 0 aliphatic carbocycles. The minimum atomic E-state index is -5.07. The SMILES string of the molecule is CC1CN(OP(=O)(O)OP(=O)(O)O)C(C)CN1. The predicted octanol–water partition coefficient (Wildman–Crippen LogP) is -0.190. The van der Waals surface area contributed by atoms with Crippen LogP contribution in [0.25, 0.3) is 0 Å². The van der Waals surface area contributed by atoms with Gasteiger partial charge in [0.2, 0.25) is 0 Å². The number of hydrogen-bond donors (Lipinski definition) is 4. The van der Waals surface area contributed by atoms with Gasteiger partial charge in [0.05, 0.1) is 0 Å². The lowest BCUT2D eigenvalue weighted by Gasteiger charge is -2.36. The second kappa shape index (κ2) is 5.44. The van der Waals surface area contributed by atoms with E-state index < -0.39 is 15.6 Å². The minimum Gasteiger partial charge on any atom is -0.311 e. The van der Waals surface area contributed by atoms with Gasteiger partial charge in [-0.25, -0.2) is 9.13 Å². The first kappa shape index (κ1) is 15.2. The van der Waals surface area contributed by atoms with Crippen molar-refractivity contribution in [3.05, 3.63) is 0 Å². The fraction of sp³-hybridized carbons (Fsp3) is 1.00. The van der Waals surface area contributed by atoms with Crippen LogP contribution in [-0.2, 0) is 18.1 Å². The van der Waals surface area contributed by atoms with Gasteiger partial charge >= 0.3 is 15.6 Å². The highest BCUT2D eigenvalue weighted by atomic mass is 31.3. The van der Waals surface area contributed by atoms with Crippen LogP contribution in [0, 0.1) is 0 Å². The van der Waals surface area contributed by atoms with Crippen molar-refractivity contribution in [3.63, 3.8) is 0 Å². The average molecular weight is 290 g/mol.